The van der Waals surface area contributed by atoms with Gasteiger partial charge in [0.1, 0.15) is 12.4 Å². The Morgan fingerprint density at radius 1 is 1.05 bits per heavy atom. The van der Waals surface area contributed by atoms with E-state index in [1.807, 2.05) is 54.7 Å². The first-order valence-corrected chi connectivity index (χ1v) is 6.38. The number of nitrogens with one attached hydrogen (secondary N) is 1. The van der Waals surface area contributed by atoms with E-state index in [1.165, 1.54) is 0 Å². The average Bonchev–Trinajstić information content (AvgIpc) is 3.02. The second kappa shape index (κ2) is 5.48. The Bertz CT molecular complexity index is 678. The van der Waals surface area contributed by atoms with Crippen LogP contribution in [0.4, 0.5) is 5.69 Å². The van der Waals surface area contributed by atoms with Gasteiger partial charge >= 0.3 is 0 Å². The van der Waals surface area contributed by atoms with Gasteiger partial charge in [0.2, 0.25) is 0 Å². The fraction of sp³-hybridized carbons (Fsp3) is 0.0625. The van der Waals surface area contributed by atoms with Crippen LogP contribution in [0.2, 0.25) is 0 Å². The molecule has 0 aliphatic rings. The maximum atomic E-state index is 5.96. The second-order valence-corrected chi connectivity index (χ2v) is 4.51. The zero-order valence-corrected chi connectivity index (χ0v) is 10.9. The predicted octanol–water partition coefficient (Wildman–Crippen LogP) is 3.24. The van der Waals surface area contributed by atoms with E-state index in [0.29, 0.717) is 18.0 Å². The number of rotatable bonds is 4. The lowest BCUT2D eigenvalue weighted by Crippen LogP contribution is -1.98. The molecule has 2 aromatic carbocycles. The minimum atomic E-state index is 0.500. The second-order valence-electron chi connectivity index (χ2n) is 4.51. The van der Waals surface area contributed by atoms with Crippen LogP contribution in [-0.4, -0.2) is 10.2 Å². The van der Waals surface area contributed by atoms with Gasteiger partial charge < -0.3 is 10.5 Å². The fourth-order valence-corrected chi connectivity index (χ4v) is 1.98. The molecule has 20 heavy (non-hydrogen) atoms. The number of nitrogen functional groups attached to an aromatic ring is 1. The van der Waals surface area contributed by atoms with Gasteiger partial charge in [-0.3, -0.25) is 5.10 Å². The standard InChI is InChI=1S/C16H15N3O/c17-15-7-6-13(14-9-18-19-10-14)8-16(15)20-11-12-4-2-1-3-5-12/h1-10H,11,17H2,(H,18,19). The van der Waals surface area contributed by atoms with Crippen molar-refractivity contribution in [1.82, 2.24) is 10.2 Å². The Morgan fingerprint density at radius 3 is 2.65 bits per heavy atom. The van der Waals surface area contributed by atoms with Gasteiger partial charge in [0.15, 0.2) is 0 Å². The summed E-state index contributed by atoms with van der Waals surface area (Å²) in [7, 11) is 0. The Morgan fingerprint density at radius 2 is 1.90 bits per heavy atom. The van der Waals surface area contributed by atoms with Crippen LogP contribution in [0.1, 0.15) is 5.56 Å². The van der Waals surface area contributed by atoms with Crippen LogP contribution in [0.3, 0.4) is 0 Å². The van der Waals surface area contributed by atoms with Gasteiger partial charge in [0.05, 0.1) is 11.9 Å². The van der Waals surface area contributed by atoms with Gasteiger partial charge in [-0.1, -0.05) is 36.4 Å². The summed E-state index contributed by atoms with van der Waals surface area (Å²) < 4.78 is 5.81. The van der Waals surface area contributed by atoms with Crippen LogP contribution in [0.25, 0.3) is 11.1 Å². The van der Waals surface area contributed by atoms with E-state index in [9.17, 15) is 0 Å². The zero-order valence-electron chi connectivity index (χ0n) is 10.9. The minimum Gasteiger partial charge on any atom is -0.487 e. The highest BCUT2D eigenvalue weighted by Crippen LogP contribution is 2.29. The highest BCUT2D eigenvalue weighted by atomic mass is 16.5. The Hall–Kier alpha value is -2.75. The highest BCUT2D eigenvalue weighted by Gasteiger charge is 2.05. The van der Waals surface area contributed by atoms with Crippen molar-refractivity contribution in [3.8, 4) is 16.9 Å². The van der Waals surface area contributed by atoms with E-state index in [2.05, 4.69) is 10.2 Å². The van der Waals surface area contributed by atoms with Crippen LogP contribution in [0.5, 0.6) is 5.75 Å². The molecule has 0 fully saturated rings. The van der Waals surface area contributed by atoms with Gasteiger partial charge in [-0.05, 0) is 23.3 Å². The van der Waals surface area contributed by atoms with E-state index in [1.54, 1.807) is 6.20 Å². The number of nitrogens with two attached hydrogens (primary N) is 1. The van der Waals surface area contributed by atoms with Crippen molar-refractivity contribution in [2.24, 2.45) is 0 Å². The molecule has 0 aliphatic carbocycles. The molecular weight excluding hydrogens is 250 g/mol. The molecule has 0 unspecified atom stereocenters. The molecule has 1 aromatic heterocycles. The number of anilines is 1. The van der Waals surface area contributed by atoms with E-state index >= 15 is 0 Å². The summed E-state index contributed by atoms with van der Waals surface area (Å²) in [6, 6.07) is 15.7. The number of nitrogens with zero attached hydrogens (tertiary/aromatic N) is 1. The molecule has 0 atom stereocenters. The van der Waals surface area contributed by atoms with Gasteiger partial charge in [-0.25, -0.2) is 0 Å². The van der Waals surface area contributed by atoms with Crippen LogP contribution in [-0.2, 0) is 6.61 Å². The third-order valence-electron chi connectivity index (χ3n) is 3.08. The van der Waals surface area contributed by atoms with Crippen LogP contribution in [0.15, 0.2) is 60.9 Å². The number of H-pyrrole nitrogens is 1. The molecule has 0 amide bonds. The van der Waals surface area contributed by atoms with Gasteiger partial charge in [0.25, 0.3) is 0 Å². The number of hydrogen-bond acceptors (Lipinski definition) is 3. The number of benzene rings is 2. The number of aromatic nitrogens is 2. The number of aromatic amines is 1. The first-order valence-electron chi connectivity index (χ1n) is 6.38. The third kappa shape index (κ3) is 2.64. The van der Waals surface area contributed by atoms with E-state index in [-0.39, 0.29) is 0 Å². The molecule has 0 saturated heterocycles. The molecule has 0 saturated carbocycles. The summed E-state index contributed by atoms with van der Waals surface area (Å²) in [5.74, 6) is 0.688. The minimum absolute atomic E-state index is 0.500. The first kappa shape index (κ1) is 12.3. The summed E-state index contributed by atoms with van der Waals surface area (Å²) in [6.07, 6.45) is 3.61. The fourth-order valence-electron chi connectivity index (χ4n) is 1.98. The summed E-state index contributed by atoms with van der Waals surface area (Å²) in [6.45, 7) is 0.500. The van der Waals surface area contributed by atoms with Gasteiger partial charge in [0, 0.05) is 11.8 Å². The maximum absolute atomic E-state index is 5.96. The van der Waals surface area contributed by atoms with Crippen molar-refractivity contribution in [1.29, 1.82) is 0 Å². The molecule has 1 heterocycles. The molecule has 0 spiro atoms. The molecule has 100 valence electrons. The van der Waals surface area contributed by atoms with Crippen molar-refractivity contribution < 1.29 is 4.74 Å². The van der Waals surface area contributed by atoms with Crippen molar-refractivity contribution in [2.75, 3.05) is 5.73 Å². The Kier molecular flexibility index (Phi) is 3.37. The quantitative estimate of drug-likeness (QED) is 0.712. The van der Waals surface area contributed by atoms with Gasteiger partial charge in [-0.15, -0.1) is 0 Å². The van der Waals surface area contributed by atoms with Gasteiger partial charge in [-0.2, -0.15) is 5.10 Å². The van der Waals surface area contributed by atoms with Crippen LogP contribution >= 0.6 is 0 Å². The van der Waals surface area contributed by atoms with Crippen LogP contribution < -0.4 is 10.5 Å². The van der Waals surface area contributed by atoms with E-state index < -0.39 is 0 Å². The SMILES string of the molecule is Nc1ccc(-c2cn[nH]c2)cc1OCc1ccccc1. The van der Waals surface area contributed by atoms with Crippen molar-refractivity contribution in [2.45, 2.75) is 6.61 Å². The lowest BCUT2D eigenvalue weighted by Gasteiger charge is -2.10. The lowest BCUT2D eigenvalue weighted by molar-refractivity contribution is 0.308. The first-order chi connectivity index (χ1) is 9.83. The van der Waals surface area contributed by atoms with Crippen molar-refractivity contribution in [3.63, 3.8) is 0 Å². The number of hydrogen-bond donors (Lipinski definition) is 2. The molecule has 4 heteroatoms. The van der Waals surface area contributed by atoms with Crippen molar-refractivity contribution >= 4 is 5.69 Å². The summed E-state index contributed by atoms with van der Waals surface area (Å²) in [5.41, 5.74) is 9.74. The molecule has 0 radical (unpaired) electrons. The Balaban J connectivity index is 1.80. The molecule has 4 nitrogen and oxygen atoms in total. The third-order valence-corrected chi connectivity index (χ3v) is 3.08. The molecule has 0 bridgehead atoms. The predicted molar refractivity (Wildman–Crippen MR) is 79.2 cm³/mol. The zero-order chi connectivity index (χ0) is 13.8. The van der Waals surface area contributed by atoms with E-state index in [4.69, 9.17) is 10.5 Å². The highest BCUT2D eigenvalue weighted by molar-refractivity contribution is 5.68. The summed E-state index contributed by atoms with van der Waals surface area (Å²) in [4.78, 5) is 0. The molecule has 0 aliphatic heterocycles. The lowest BCUT2D eigenvalue weighted by atomic mass is 10.1. The monoisotopic (exact) mass is 265 g/mol. The molecular formula is C16H15N3O. The molecule has 3 aromatic rings. The van der Waals surface area contributed by atoms with E-state index in [0.717, 1.165) is 16.7 Å². The normalized spacial score (nSPS) is 10.4. The van der Waals surface area contributed by atoms with Crippen molar-refractivity contribution in [3.05, 3.63) is 66.5 Å². The van der Waals surface area contributed by atoms with Crippen LogP contribution in [0, 0.1) is 0 Å². The Labute approximate surface area is 117 Å². The smallest absolute Gasteiger partial charge is 0.143 e. The molecule has 3 N–H and O–H groups in total. The number of ether oxygens (including phenoxy) is 1. The maximum Gasteiger partial charge on any atom is 0.143 e. The average molecular weight is 265 g/mol. The summed E-state index contributed by atoms with van der Waals surface area (Å²) >= 11 is 0. The largest absolute Gasteiger partial charge is 0.487 e. The summed E-state index contributed by atoms with van der Waals surface area (Å²) in [5, 5.41) is 6.75. The molecule has 3 rings (SSSR count). The topological polar surface area (TPSA) is 63.9 Å².